The maximum absolute atomic E-state index is 11.1. The Morgan fingerprint density at radius 3 is 2.59 bits per heavy atom. The normalized spacial score (nSPS) is 9.47. The van der Waals surface area contributed by atoms with Crippen molar-refractivity contribution in [1.82, 2.24) is 5.48 Å². The number of rotatable bonds is 5. The van der Waals surface area contributed by atoms with Gasteiger partial charge in [-0.25, -0.2) is 0 Å². The van der Waals surface area contributed by atoms with Crippen LogP contribution in [0.3, 0.4) is 0 Å². The van der Waals surface area contributed by atoms with Gasteiger partial charge < -0.3 is 9.57 Å². The second-order valence-corrected chi connectivity index (χ2v) is 3.38. The molecule has 5 heteroatoms. The molecule has 0 spiro atoms. The number of benzene rings is 1. The first-order valence-corrected chi connectivity index (χ1v) is 5.32. The van der Waals surface area contributed by atoms with E-state index in [0.717, 1.165) is 5.75 Å². The van der Waals surface area contributed by atoms with Gasteiger partial charge in [0, 0.05) is 13.3 Å². The lowest BCUT2D eigenvalue weighted by Crippen LogP contribution is -2.25. The van der Waals surface area contributed by atoms with Crippen LogP contribution in [0.1, 0.15) is 19.8 Å². The van der Waals surface area contributed by atoms with Crippen LogP contribution in [0.5, 0.6) is 5.75 Å². The fraction of sp³-hybridized carbons (Fsp3) is 0.333. The van der Waals surface area contributed by atoms with Crippen LogP contribution in [-0.4, -0.2) is 18.5 Å². The second-order valence-electron chi connectivity index (χ2n) is 3.38. The van der Waals surface area contributed by atoms with Gasteiger partial charge in [0.15, 0.2) is 0 Å². The van der Waals surface area contributed by atoms with E-state index >= 15 is 0 Å². The molecule has 17 heavy (non-hydrogen) atoms. The first-order valence-electron chi connectivity index (χ1n) is 5.32. The molecule has 0 bridgehead atoms. The van der Waals surface area contributed by atoms with Crippen LogP contribution < -0.4 is 10.2 Å². The highest BCUT2D eigenvalue weighted by molar-refractivity contribution is 5.77. The first kappa shape index (κ1) is 13.0. The van der Waals surface area contributed by atoms with Crippen molar-refractivity contribution in [3.8, 4) is 5.75 Å². The summed E-state index contributed by atoms with van der Waals surface area (Å²) in [5, 5.41) is 0. The number of ether oxygens (including phenoxy) is 1. The SMILES string of the molecule is CC(=O)ONC(=O)CCCOc1ccccc1. The van der Waals surface area contributed by atoms with Gasteiger partial charge in [-0.05, 0) is 18.6 Å². The average Bonchev–Trinajstić information content (AvgIpc) is 2.33. The van der Waals surface area contributed by atoms with Gasteiger partial charge in [0.05, 0.1) is 6.61 Å². The molecule has 0 aliphatic carbocycles. The van der Waals surface area contributed by atoms with Gasteiger partial charge in [-0.15, -0.1) is 0 Å². The fourth-order valence-corrected chi connectivity index (χ4v) is 1.12. The van der Waals surface area contributed by atoms with Crippen molar-refractivity contribution in [2.45, 2.75) is 19.8 Å². The molecule has 0 unspecified atom stereocenters. The molecule has 1 aromatic rings. The molecule has 1 N–H and O–H groups in total. The molecule has 0 aliphatic rings. The molecule has 0 heterocycles. The highest BCUT2D eigenvalue weighted by atomic mass is 16.7. The molecule has 1 amide bonds. The molecule has 0 aromatic heterocycles. The number of nitrogens with one attached hydrogen (secondary N) is 1. The number of carbonyl (C=O) groups is 2. The van der Waals surface area contributed by atoms with Crippen molar-refractivity contribution in [2.75, 3.05) is 6.61 Å². The summed E-state index contributed by atoms with van der Waals surface area (Å²) in [5.41, 5.74) is 2.04. The smallest absolute Gasteiger partial charge is 0.329 e. The highest BCUT2D eigenvalue weighted by Gasteiger charge is 2.02. The van der Waals surface area contributed by atoms with Gasteiger partial charge in [0.25, 0.3) is 5.91 Å². The lowest BCUT2D eigenvalue weighted by atomic mass is 10.3. The molecule has 0 radical (unpaired) electrons. The van der Waals surface area contributed by atoms with E-state index < -0.39 is 5.97 Å². The third-order valence-corrected chi connectivity index (χ3v) is 1.87. The predicted molar refractivity (Wildman–Crippen MR) is 61.1 cm³/mol. The molecular formula is C12H15NO4. The summed E-state index contributed by atoms with van der Waals surface area (Å²) >= 11 is 0. The third-order valence-electron chi connectivity index (χ3n) is 1.87. The minimum absolute atomic E-state index is 0.250. The average molecular weight is 237 g/mol. The second kappa shape index (κ2) is 7.27. The van der Waals surface area contributed by atoms with Crippen LogP contribution in [0.2, 0.25) is 0 Å². The van der Waals surface area contributed by atoms with Crippen LogP contribution in [0.25, 0.3) is 0 Å². The Bertz CT molecular complexity index is 364. The molecule has 0 atom stereocenters. The predicted octanol–water partition coefficient (Wildman–Crippen LogP) is 1.44. The van der Waals surface area contributed by atoms with E-state index in [4.69, 9.17) is 4.74 Å². The first-order chi connectivity index (χ1) is 8.18. The minimum atomic E-state index is -0.543. The molecular weight excluding hydrogens is 222 g/mol. The van der Waals surface area contributed by atoms with Gasteiger partial charge in [-0.2, -0.15) is 5.48 Å². The quantitative estimate of drug-likeness (QED) is 0.621. The third kappa shape index (κ3) is 6.19. The lowest BCUT2D eigenvalue weighted by Gasteiger charge is -2.06. The zero-order chi connectivity index (χ0) is 12.5. The topological polar surface area (TPSA) is 64.6 Å². The zero-order valence-electron chi connectivity index (χ0n) is 9.64. The summed E-state index contributed by atoms with van der Waals surface area (Å²) in [4.78, 5) is 25.9. The maximum Gasteiger partial charge on any atom is 0.329 e. The molecule has 5 nitrogen and oxygen atoms in total. The largest absolute Gasteiger partial charge is 0.494 e. The van der Waals surface area contributed by atoms with Crippen molar-refractivity contribution in [2.24, 2.45) is 0 Å². The Labute approximate surface area is 99.7 Å². The maximum atomic E-state index is 11.1. The van der Waals surface area contributed by atoms with E-state index in [2.05, 4.69) is 4.84 Å². The Morgan fingerprint density at radius 2 is 1.94 bits per heavy atom. The molecule has 0 saturated heterocycles. The van der Waals surface area contributed by atoms with Gasteiger partial charge in [0.1, 0.15) is 5.75 Å². The van der Waals surface area contributed by atoms with Gasteiger partial charge in [0.2, 0.25) is 0 Å². The number of para-hydroxylation sites is 1. The van der Waals surface area contributed by atoms with E-state index in [-0.39, 0.29) is 12.3 Å². The molecule has 0 saturated carbocycles. The zero-order valence-corrected chi connectivity index (χ0v) is 9.64. The van der Waals surface area contributed by atoms with E-state index in [1.165, 1.54) is 6.92 Å². The summed E-state index contributed by atoms with van der Waals surface area (Å²) in [6, 6.07) is 9.35. The Morgan fingerprint density at radius 1 is 1.24 bits per heavy atom. The van der Waals surface area contributed by atoms with E-state index in [0.29, 0.717) is 13.0 Å². The van der Waals surface area contributed by atoms with Crippen molar-refractivity contribution >= 4 is 11.9 Å². The Balaban J connectivity index is 2.08. The molecule has 1 rings (SSSR count). The minimum Gasteiger partial charge on any atom is -0.494 e. The summed E-state index contributed by atoms with van der Waals surface area (Å²) in [6.45, 7) is 1.66. The van der Waals surface area contributed by atoms with E-state index in [1.807, 2.05) is 35.8 Å². The standard InChI is InChI=1S/C12H15NO4/c1-10(14)17-13-12(15)8-5-9-16-11-6-3-2-4-7-11/h2-4,6-7H,5,8-9H2,1H3,(H,13,15). The van der Waals surface area contributed by atoms with Crippen molar-refractivity contribution < 1.29 is 19.2 Å². The van der Waals surface area contributed by atoms with Gasteiger partial charge >= 0.3 is 5.97 Å². The van der Waals surface area contributed by atoms with E-state index in [9.17, 15) is 9.59 Å². The molecule has 92 valence electrons. The Hall–Kier alpha value is -2.04. The van der Waals surface area contributed by atoms with Crippen LogP contribution in [-0.2, 0) is 14.4 Å². The number of hydroxylamine groups is 1. The van der Waals surface area contributed by atoms with Crippen molar-refractivity contribution in [1.29, 1.82) is 0 Å². The fourth-order valence-electron chi connectivity index (χ4n) is 1.12. The summed E-state index contributed by atoms with van der Waals surface area (Å²) in [7, 11) is 0. The van der Waals surface area contributed by atoms with Crippen LogP contribution in [0, 0.1) is 0 Å². The van der Waals surface area contributed by atoms with E-state index in [1.54, 1.807) is 0 Å². The summed E-state index contributed by atoms with van der Waals surface area (Å²) in [5.74, 6) is -0.108. The summed E-state index contributed by atoms with van der Waals surface area (Å²) < 4.78 is 5.39. The monoisotopic (exact) mass is 237 g/mol. The summed E-state index contributed by atoms with van der Waals surface area (Å²) in [6.07, 6.45) is 0.808. The lowest BCUT2D eigenvalue weighted by molar-refractivity contribution is -0.156. The number of hydrogen-bond donors (Lipinski definition) is 1. The molecule has 0 aliphatic heterocycles. The van der Waals surface area contributed by atoms with Crippen LogP contribution in [0.15, 0.2) is 30.3 Å². The van der Waals surface area contributed by atoms with Crippen molar-refractivity contribution in [3.05, 3.63) is 30.3 Å². The van der Waals surface area contributed by atoms with Gasteiger partial charge in [-0.1, -0.05) is 18.2 Å². The number of carbonyl (C=O) groups excluding carboxylic acids is 2. The number of hydrogen-bond acceptors (Lipinski definition) is 4. The van der Waals surface area contributed by atoms with Crippen LogP contribution >= 0.6 is 0 Å². The van der Waals surface area contributed by atoms with Crippen LogP contribution in [0.4, 0.5) is 0 Å². The highest BCUT2D eigenvalue weighted by Crippen LogP contribution is 2.08. The Kier molecular flexibility index (Phi) is 5.57. The van der Waals surface area contributed by atoms with Gasteiger partial charge in [-0.3, -0.25) is 9.59 Å². The molecule has 0 fully saturated rings. The molecule has 1 aromatic carbocycles. The number of amides is 1. The van der Waals surface area contributed by atoms with Crippen molar-refractivity contribution in [3.63, 3.8) is 0 Å².